The van der Waals surface area contributed by atoms with E-state index in [0.29, 0.717) is 0 Å². The van der Waals surface area contributed by atoms with Gasteiger partial charge in [0, 0.05) is 26.2 Å². The van der Waals surface area contributed by atoms with Gasteiger partial charge in [-0.2, -0.15) is 0 Å². The molecule has 0 atom stereocenters. The molecule has 0 spiro atoms. The fourth-order valence-electron chi connectivity index (χ4n) is 2.46. The Morgan fingerprint density at radius 3 is 2.84 bits per heavy atom. The second-order valence-electron chi connectivity index (χ2n) is 5.33. The topological polar surface area (TPSA) is 31.4 Å². The highest BCUT2D eigenvalue weighted by Crippen LogP contribution is 2.07. The normalized spacial score (nSPS) is 18.4. The molecule has 0 amide bonds. The van der Waals surface area contributed by atoms with Gasteiger partial charge in [0.05, 0.1) is 11.4 Å². The van der Waals surface area contributed by atoms with Crippen LogP contribution in [0.5, 0.6) is 0 Å². The Morgan fingerprint density at radius 2 is 2.00 bits per heavy atom. The number of likely N-dealkylation sites (N-methyl/N-ethyl adjacent to an activating group) is 1. The predicted molar refractivity (Wildman–Crippen MR) is 79.0 cm³/mol. The summed E-state index contributed by atoms with van der Waals surface area (Å²) >= 11 is 0. The zero-order chi connectivity index (χ0) is 13.5. The first kappa shape index (κ1) is 14.4. The molecule has 1 N–H and O–H groups in total. The molecule has 0 aromatic carbocycles. The van der Waals surface area contributed by atoms with Crippen molar-refractivity contribution in [2.45, 2.75) is 26.4 Å². The van der Waals surface area contributed by atoms with E-state index in [-0.39, 0.29) is 0 Å². The van der Waals surface area contributed by atoms with Crippen molar-refractivity contribution in [2.24, 2.45) is 0 Å². The molecule has 1 aliphatic rings. The van der Waals surface area contributed by atoms with Crippen LogP contribution >= 0.6 is 0 Å². The molecule has 0 radical (unpaired) electrons. The Kier molecular flexibility index (Phi) is 5.76. The summed E-state index contributed by atoms with van der Waals surface area (Å²) in [5.74, 6) is 0. The van der Waals surface area contributed by atoms with Gasteiger partial charge in [-0.15, -0.1) is 0 Å². The van der Waals surface area contributed by atoms with E-state index in [0.717, 1.165) is 38.4 Å². The third kappa shape index (κ3) is 4.90. The van der Waals surface area contributed by atoms with Crippen molar-refractivity contribution in [2.75, 3.05) is 39.8 Å². The van der Waals surface area contributed by atoms with Gasteiger partial charge in [-0.25, -0.2) is 0 Å². The number of nitrogens with zero attached hydrogens (tertiary/aromatic N) is 3. The lowest BCUT2D eigenvalue weighted by Crippen LogP contribution is -2.29. The number of hydrogen-bond donors (Lipinski definition) is 1. The molecule has 1 aromatic rings. The van der Waals surface area contributed by atoms with Crippen molar-refractivity contribution < 1.29 is 0 Å². The van der Waals surface area contributed by atoms with Gasteiger partial charge in [-0.05, 0) is 45.2 Å². The smallest absolute Gasteiger partial charge is 0.0547 e. The Hall–Kier alpha value is -0.970. The van der Waals surface area contributed by atoms with Crippen LogP contribution in [0.15, 0.2) is 18.2 Å². The molecule has 0 saturated carbocycles. The van der Waals surface area contributed by atoms with Crippen molar-refractivity contribution in [3.05, 3.63) is 29.6 Å². The average Bonchev–Trinajstić information content (AvgIpc) is 2.62. The van der Waals surface area contributed by atoms with Crippen LogP contribution in [0.2, 0.25) is 0 Å². The maximum absolute atomic E-state index is 4.74. The second-order valence-corrected chi connectivity index (χ2v) is 5.33. The van der Waals surface area contributed by atoms with Crippen molar-refractivity contribution >= 4 is 0 Å². The van der Waals surface area contributed by atoms with Gasteiger partial charge in [0.2, 0.25) is 0 Å². The number of rotatable bonds is 5. The second kappa shape index (κ2) is 7.58. The van der Waals surface area contributed by atoms with Gasteiger partial charge in [-0.3, -0.25) is 9.88 Å². The molecule has 4 nitrogen and oxygen atoms in total. The number of hydrogen-bond acceptors (Lipinski definition) is 4. The van der Waals surface area contributed by atoms with E-state index in [1.807, 2.05) is 0 Å². The summed E-state index contributed by atoms with van der Waals surface area (Å²) < 4.78 is 0. The van der Waals surface area contributed by atoms with Crippen LogP contribution in [-0.4, -0.2) is 54.6 Å². The molecule has 2 rings (SSSR count). The highest BCUT2D eigenvalue weighted by molar-refractivity contribution is 5.11. The lowest BCUT2D eigenvalue weighted by atomic mass is 10.2. The molecule has 0 unspecified atom stereocenters. The zero-order valence-electron chi connectivity index (χ0n) is 12.2. The molecule has 106 valence electrons. The molecule has 2 heterocycles. The molecule has 1 aromatic heterocycles. The van der Waals surface area contributed by atoms with E-state index in [9.17, 15) is 0 Å². The highest BCUT2D eigenvalue weighted by atomic mass is 15.2. The molecule has 0 bridgehead atoms. The average molecular weight is 262 g/mol. The monoisotopic (exact) mass is 262 g/mol. The fraction of sp³-hybridized carbons (Fsp3) is 0.667. The third-order valence-corrected chi connectivity index (χ3v) is 3.62. The number of pyridine rings is 1. The van der Waals surface area contributed by atoms with Crippen molar-refractivity contribution in [3.8, 4) is 0 Å². The maximum Gasteiger partial charge on any atom is 0.0547 e. The summed E-state index contributed by atoms with van der Waals surface area (Å²) in [4.78, 5) is 9.66. The summed E-state index contributed by atoms with van der Waals surface area (Å²) in [7, 11) is 2.21. The summed E-state index contributed by atoms with van der Waals surface area (Å²) in [6.45, 7) is 9.67. The minimum Gasteiger partial charge on any atom is -0.311 e. The molecule has 1 saturated heterocycles. The number of aromatic nitrogens is 1. The molecule has 1 fully saturated rings. The Labute approximate surface area is 116 Å². The van der Waals surface area contributed by atoms with Crippen molar-refractivity contribution in [3.63, 3.8) is 0 Å². The van der Waals surface area contributed by atoms with Crippen LogP contribution in [0.1, 0.15) is 24.7 Å². The summed E-state index contributed by atoms with van der Waals surface area (Å²) in [6.07, 6.45) is 1.26. The Bertz CT molecular complexity index is 380. The predicted octanol–water partition coefficient (Wildman–Crippen LogP) is 1.33. The molecular weight excluding hydrogens is 236 g/mol. The summed E-state index contributed by atoms with van der Waals surface area (Å²) in [5, 5.41) is 3.33. The molecule has 4 heteroatoms. The van der Waals surface area contributed by atoms with Crippen LogP contribution in [0.25, 0.3) is 0 Å². The van der Waals surface area contributed by atoms with Gasteiger partial charge in [0.25, 0.3) is 0 Å². The SMILES string of the molecule is CCNCc1cccc(CN2CCCN(C)CC2)n1. The van der Waals surface area contributed by atoms with E-state index in [1.165, 1.54) is 25.2 Å². The molecule has 19 heavy (non-hydrogen) atoms. The van der Waals surface area contributed by atoms with Gasteiger partial charge in [-0.1, -0.05) is 13.0 Å². The number of nitrogens with one attached hydrogen (secondary N) is 1. The largest absolute Gasteiger partial charge is 0.311 e. The first-order valence-electron chi connectivity index (χ1n) is 7.34. The van der Waals surface area contributed by atoms with Crippen LogP contribution in [0.4, 0.5) is 0 Å². The van der Waals surface area contributed by atoms with E-state index in [2.05, 4.69) is 47.3 Å². The first-order chi connectivity index (χ1) is 9.28. The van der Waals surface area contributed by atoms with Crippen LogP contribution in [-0.2, 0) is 13.1 Å². The van der Waals surface area contributed by atoms with Gasteiger partial charge >= 0.3 is 0 Å². The van der Waals surface area contributed by atoms with Crippen LogP contribution < -0.4 is 5.32 Å². The fourth-order valence-corrected chi connectivity index (χ4v) is 2.46. The lowest BCUT2D eigenvalue weighted by molar-refractivity contribution is 0.266. The van der Waals surface area contributed by atoms with E-state index >= 15 is 0 Å². The third-order valence-electron chi connectivity index (χ3n) is 3.62. The molecule has 0 aliphatic carbocycles. The van der Waals surface area contributed by atoms with Crippen molar-refractivity contribution in [1.82, 2.24) is 20.1 Å². The van der Waals surface area contributed by atoms with E-state index < -0.39 is 0 Å². The minimum absolute atomic E-state index is 0.868. The Balaban J connectivity index is 1.90. The van der Waals surface area contributed by atoms with Gasteiger partial charge in [0.15, 0.2) is 0 Å². The first-order valence-corrected chi connectivity index (χ1v) is 7.34. The van der Waals surface area contributed by atoms with E-state index in [1.54, 1.807) is 0 Å². The highest BCUT2D eigenvalue weighted by Gasteiger charge is 2.12. The maximum atomic E-state index is 4.74. The summed E-state index contributed by atoms with van der Waals surface area (Å²) in [5.41, 5.74) is 2.34. The Morgan fingerprint density at radius 1 is 1.16 bits per heavy atom. The van der Waals surface area contributed by atoms with E-state index in [4.69, 9.17) is 4.98 Å². The molecule has 1 aliphatic heterocycles. The minimum atomic E-state index is 0.868. The van der Waals surface area contributed by atoms with Crippen molar-refractivity contribution in [1.29, 1.82) is 0 Å². The van der Waals surface area contributed by atoms with Crippen LogP contribution in [0.3, 0.4) is 0 Å². The zero-order valence-corrected chi connectivity index (χ0v) is 12.2. The molecular formula is C15H26N4. The standard InChI is InChI=1S/C15H26N4/c1-3-16-12-14-6-4-7-15(17-14)13-19-9-5-8-18(2)10-11-19/h4,6-7,16H,3,5,8-13H2,1-2H3. The quantitative estimate of drug-likeness (QED) is 0.867. The van der Waals surface area contributed by atoms with Gasteiger partial charge in [0.1, 0.15) is 0 Å². The summed E-state index contributed by atoms with van der Waals surface area (Å²) in [6, 6.07) is 6.37. The lowest BCUT2D eigenvalue weighted by Gasteiger charge is -2.19. The van der Waals surface area contributed by atoms with Gasteiger partial charge < -0.3 is 10.2 Å². The van der Waals surface area contributed by atoms with Crippen LogP contribution in [0, 0.1) is 0 Å².